The second kappa shape index (κ2) is 7.78. The van der Waals surface area contributed by atoms with Gasteiger partial charge in [-0.3, -0.25) is 14.9 Å². The molecule has 27 heavy (non-hydrogen) atoms. The predicted molar refractivity (Wildman–Crippen MR) is 110 cm³/mol. The van der Waals surface area contributed by atoms with Crippen LogP contribution in [0.25, 0.3) is 15.3 Å². The SMILES string of the molecule is CCCc1[nH]n(-c2nc3ccccc3s2)c(=O)c1C(C)=NC[C@H]1CCCO1. The molecule has 1 aliphatic heterocycles. The Bertz CT molecular complexity index is 991. The number of nitrogens with one attached hydrogen (secondary N) is 1. The first kappa shape index (κ1) is 18.1. The van der Waals surface area contributed by atoms with Gasteiger partial charge < -0.3 is 4.74 Å². The van der Waals surface area contributed by atoms with Gasteiger partial charge in [-0.05, 0) is 38.3 Å². The molecule has 3 aromatic rings. The number of H-pyrrole nitrogens is 1. The van der Waals surface area contributed by atoms with E-state index in [4.69, 9.17) is 4.74 Å². The van der Waals surface area contributed by atoms with Crippen LogP contribution < -0.4 is 5.56 Å². The van der Waals surface area contributed by atoms with Gasteiger partial charge in [-0.2, -0.15) is 4.68 Å². The lowest BCUT2D eigenvalue weighted by Gasteiger charge is -2.06. The summed E-state index contributed by atoms with van der Waals surface area (Å²) < 4.78 is 8.28. The van der Waals surface area contributed by atoms with Gasteiger partial charge in [0.25, 0.3) is 5.56 Å². The maximum Gasteiger partial charge on any atom is 0.282 e. The first-order valence-electron chi connectivity index (χ1n) is 9.50. The van der Waals surface area contributed by atoms with E-state index in [0.717, 1.165) is 53.9 Å². The standard InChI is InChI=1S/C20H24N4O2S/c1-3-7-16-18(13(2)21-12-14-8-6-11-26-14)19(25)24(23-16)20-22-15-9-4-5-10-17(15)27-20/h4-5,9-10,14,23H,3,6-8,11-12H2,1-2H3/t14-/m1/s1. The van der Waals surface area contributed by atoms with Crippen molar-refractivity contribution in [1.82, 2.24) is 14.8 Å². The van der Waals surface area contributed by atoms with Crippen LogP contribution in [0.3, 0.4) is 0 Å². The fourth-order valence-corrected chi connectivity index (χ4v) is 4.41. The normalized spacial score (nSPS) is 17.9. The fraction of sp³-hybridized carbons (Fsp3) is 0.450. The molecule has 0 spiro atoms. The summed E-state index contributed by atoms with van der Waals surface area (Å²) in [5, 5.41) is 3.94. The first-order valence-corrected chi connectivity index (χ1v) is 10.3. The van der Waals surface area contributed by atoms with Crippen LogP contribution in [0, 0.1) is 0 Å². The summed E-state index contributed by atoms with van der Waals surface area (Å²) in [6.07, 6.45) is 4.07. The molecule has 1 atom stereocenters. The van der Waals surface area contributed by atoms with Crippen LogP contribution in [0.2, 0.25) is 0 Å². The number of thiazole rings is 1. The Kier molecular flexibility index (Phi) is 5.22. The summed E-state index contributed by atoms with van der Waals surface area (Å²) in [7, 11) is 0. The molecule has 0 unspecified atom stereocenters. The molecule has 0 radical (unpaired) electrons. The predicted octanol–water partition coefficient (Wildman–Crippen LogP) is 3.72. The summed E-state index contributed by atoms with van der Waals surface area (Å²) in [6, 6.07) is 7.93. The molecule has 0 aliphatic carbocycles. The van der Waals surface area contributed by atoms with Gasteiger partial charge in [-0.25, -0.2) is 4.98 Å². The quantitative estimate of drug-likeness (QED) is 0.659. The summed E-state index contributed by atoms with van der Waals surface area (Å²) in [5.74, 6) is 0. The van der Waals surface area contributed by atoms with Crippen molar-refractivity contribution in [3.05, 3.63) is 45.9 Å². The Hall–Kier alpha value is -2.25. The van der Waals surface area contributed by atoms with Crippen molar-refractivity contribution in [3.8, 4) is 5.13 Å². The van der Waals surface area contributed by atoms with Gasteiger partial charge in [-0.1, -0.05) is 36.8 Å². The molecule has 1 aromatic carbocycles. The molecule has 6 nitrogen and oxygen atoms in total. The van der Waals surface area contributed by atoms with Gasteiger partial charge in [0.1, 0.15) is 0 Å². The summed E-state index contributed by atoms with van der Waals surface area (Å²) in [5.41, 5.74) is 3.20. The molecule has 0 saturated carbocycles. The molecule has 1 aliphatic rings. The topological polar surface area (TPSA) is 72.3 Å². The van der Waals surface area contributed by atoms with Gasteiger partial charge >= 0.3 is 0 Å². The van der Waals surface area contributed by atoms with E-state index in [0.29, 0.717) is 17.2 Å². The van der Waals surface area contributed by atoms with Crippen LogP contribution in [-0.4, -0.2) is 39.7 Å². The second-order valence-electron chi connectivity index (χ2n) is 6.88. The number of aryl methyl sites for hydroxylation is 1. The number of benzene rings is 1. The number of nitrogens with zero attached hydrogens (tertiary/aromatic N) is 3. The van der Waals surface area contributed by atoms with Crippen molar-refractivity contribution < 1.29 is 4.74 Å². The van der Waals surface area contributed by atoms with Crippen molar-refractivity contribution in [2.45, 2.75) is 45.6 Å². The van der Waals surface area contributed by atoms with Crippen LogP contribution in [-0.2, 0) is 11.2 Å². The highest BCUT2D eigenvalue weighted by Crippen LogP contribution is 2.24. The largest absolute Gasteiger partial charge is 0.376 e. The number of rotatable bonds is 6. The number of fused-ring (bicyclic) bond motifs is 1. The third-order valence-corrected chi connectivity index (χ3v) is 5.88. The smallest absolute Gasteiger partial charge is 0.282 e. The molecule has 4 rings (SSSR count). The van der Waals surface area contributed by atoms with E-state index in [9.17, 15) is 4.79 Å². The van der Waals surface area contributed by atoms with E-state index in [-0.39, 0.29) is 11.7 Å². The minimum Gasteiger partial charge on any atom is -0.376 e. The van der Waals surface area contributed by atoms with E-state index >= 15 is 0 Å². The third-order valence-electron chi connectivity index (χ3n) is 4.86. The lowest BCUT2D eigenvalue weighted by Crippen LogP contribution is -2.20. The molecule has 0 amide bonds. The number of para-hydroxylation sites is 1. The lowest BCUT2D eigenvalue weighted by molar-refractivity contribution is 0.118. The van der Waals surface area contributed by atoms with Gasteiger partial charge in [-0.15, -0.1) is 0 Å². The summed E-state index contributed by atoms with van der Waals surface area (Å²) >= 11 is 1.51. The zero-order chi connectivity index (χ0) is 18.8. The molecular weight excluding hydrogens is 360 g/mol. The zero-order valence-corrected chi connectivity index (χ0v) is 16.5. The van der Waals surface area contributed by atoms with E-state index in [1.165, 1.54) is 11.3 Å². The lowest BCUT2D eigenvalue weighted by atomic mass is 10.1. The molecule has 1 fully saturated rings. The van der Waals surface area contributed by atoms with Crippen molar-refractivity contribution in [1.29, 1.82) is 0 Å². The maximum absolute atomic E-state index is 13.2. The zero-order valence-electron chi connectivity index (χ0n) is 15.7. The Labute approximate surface area is 161 Å². The van der Waals surface area contributed by atoms with Crippen molar-refractivity contribution >= 4 is 27.3 Å². The average Bonchev–Trinajstić information content (AvgIpc) is 3.38. The number of ether oxygens (including phenoxy) is 1. The molecular formula is C20H24N4O2S. The van der Waals surface area contributed by atoms with Gasteiger partial charge in [0.2, 0.25) is 5.13 Å². The summed E-state index contributed by atoms with van der Waals surface area (Å²) in [4.78, 5) is 22.5. The Morgan fingerprint density at radius 2 is 2.30 bits per heavy atom. The number of aliphatic imine (C=N–C) groups is 1. The van der Waals surface area contributed by atoms with E-state index in [1.54, 1.807) is 4.68 Å². The molecule has 1 saturated heterocycles. The van der Waals surface area contributed by atoms with Crippen LogP contribution in [0.5, 0.6) is 0 Å². The van der Waals surface area contributed by atoms with Gasteiger partial charge in [0.05, 0.1) is 28.4 Å². The molecule has 7 heteroatoms. The van der Waals surface area contributed by atoms with Crippen LogP contribution in [0.4, 0.5) is 0 Å². The first-order chi connectivity index (χ1) is 13.2. The van der Waals surface area contributed by atoms with Crippen LogP contribution in [0.15, 0.2) is 34.1 Å². The van der Waals surface area contributed by atoms with Gasteiger partial charge in [0.15, 0.2) is 0 Å². The molecule has 3 heterocycles. The van der Waals surface area contributed by atoms with E-state index < -0.39 is 0 Å². The Morgan fingerprint density at radius 3 is 3.04 bits per heavy atom. The number of aromatic nitrogens is 3. The number of aromatic amines is 1. The average molecular weight is 385 g/mol. The fourth-order valence-electron chi connectivity index (χ4n) is 3.48. The molecule has 2 aromatic heterocycles. The Balaban J connectivity index is 1.72. The molecule has 1 N–H and O–H groups in total. The monoisotopic (exact) mass is 384 g/mol. The number of hydrogen-bond donors (Lipinski definition) is 1. The molecule has 142 valence electrons. The highest BCUT2D eigenvalue weighted by molar-refractivity contribution is 7.20. The highest BCUT2D eigenvalue weighted by atomic mass is 32.1. The van der Waals surface area contributed by atoms with E-state index in [1.807, 2.05) is 31.2 Å². The van der Waals surface area contributed by atoms with Crippen LogP contribution in [0.1, 0.15) is 44.4 Å². The van der Waals surface area contributed by atoms with Crippen molar-refractivity contribution in [2.75, 3.05) is 13.2 Å². The Morgan fingerprint density at radius 1 is 1.44 bits per heavy atom. The minimum atomic E-state index is -0.0777. The highest BCUT2D eigenvalue weighted by Gasteiger charge is 2.20. The molecule has 0 bridgehead atoms. The third kappa shape index (κ3) is 3.61. The van der Waals surface area contributed by atoms with Gasteiger partial charge in [0, 0.05) is 18.0 Å². The summed E-state index contributed by atoms with van der Waals surface area (Å²) in [6.45, 7) is 5.45. The number of hydrogen-bond acceptors (Lipinski definition) is 5. The van der Waals surface area contributed by atoms with Crippen molar-refractivity contribution in [2.24, 2.45) is 4.99 Å². The van der Waals surface area contributed by atoms with Crippen molar-refractivity contribution in [3.63, 3.8) is 0 Å². The minimum absolute atomic E-state index is 0.0777. The van der Waals surface area contributed by atoms with E-state index in [2.05, 4.69) is 22.0 Å². The second-order valence-corrected chi connectivity index (χ2v) is 7.89. The van der Waals surface area contributed by atoms with Crippen LogP contribution >= 0.6 is 11.3 Å². The maximum atomic E-state index is 13.2.